The molecule has 1 aromatic heterocycles. The summed E-state index contributed by atoms with van der Waals surface area (Å²) >= 11 is 0. The largest absolute Gasteiger partial charge is 0.333 e. The van der Waals surface area contributed by atoms with Gasteiger partial charge in [-0.25, -0.2) is 4.98 Å². The molecule has 0 saturated carbocycles. The Hall–Kier alpha value is -0.870. The third kappa shape index (κ3) is 3.56. The second kappa shape index (κ2) is 5.41. The van der Waals surface area contributed by atoms with Gasteiger partial charge in [0.15, 0.2) is 0 Å². The molecule has 1 atom stereocenters. The van der Waals surface area contributed by atoms with E-state index >= 15 is 0 Å². The molecule has 4 heteroatoms. The third-order valence-corrected chi connectivity index (χ3v) is 3.62. The van der Waals surface area contributed by atoms with Crippen molar-refractivity contribution < 1.29 is 0 Å². The number of imidazole rings is 1. The van der Waals surface area contributed by atoms with E-state index in [2.05, 4.69) is 53.7 Å². The van der Waals surface area contributed by atoms with E-state index in [0.29, 0.717) is 6.04 Å². The van der Waals surface area contributed by atoms with Crippen LogP contribution < -0.4 is 5.32 Å². The van der Waals surface area contributed by atoms with Crippen LogP contribution in [0.5, 0.6) is 0 Å². The highest BCUT2D eigenvalue weighted by Gasteiger charge is 2.21. The van der Waals surface area contributed by atoms with E-state index in [0.717, 1.165) is 26.2 Å². The summed E-state index contributed by atoms with van der Waals surface area (Å²) in [5, 5.41) is 3.56. The predicted octanol–water partition coefficient (Wildman–Crippen LogP) is 1.87. The Morgan fingerprint density at radius 1 is 1.39 bits per heavy atom. The van der Waals surface area contributed by atoms with Gasteiger partial charge < -0.3 is 9.88 Å². The molecule has 1 aromatic rings. The maximum atomic E-state index is 4.41. The molecule has 0 fully saturated rings. The summed E-state index contributed by atoms with van der Waals surface area (Å²) in [5.74, 6) is 1.21. The topological polar surface area (TPSA) is 33.1 Å². The first kappa shape index (κ1) is 13.6. The van der Waals surface area contributed by atoms with Crippen LogP contribution in [0.3, 0.4) is 0 Å². The number of rotatable bonds is 4. The van der Waals surface area contributed by atoms with Crippen LogP contribution in [0.1, 0.15) is 39.9 Å². The molecule has 1 N–H and O–H groups in total. The van der Waals surface area contributed by atoms with Gasteiger partial charge in [-0.05, 0) is 40.7 Å². The van der Waals surface area contributed by atoms with Crippen molar-refractivity contribution >= 4 is 0 Å². The fourth-order valence-corrected chi connectivity index (χ4v) is 2.41. The SMILES string of the molecule is CC(CCNC(C)(C)C)N1CCn2ccnc2C1. The van der Waals surface area contributed by atoms with Crippen LogP contribution in [0.25, 0.3) is 0 Å². The maximum absolute atomic E-state index is 4.41. The maximum Gasteiger partial charge on any atom is 0.122 e. The van der Waals surface area contributed by atoms with Crippen LogP contribution in [0.2, 0.25) is 0 Å². The van der Waals surface area contributed by atoms with E-state index in [4.69, 9.17) is 0 Å². The van der Waals surface area contributed by atoms with Gasteiger partial charge >= 0.3 is 0 Å². The summed E-state index contributed by atoms with van der Waals surface area (Å²) in [6.45, 7) is 13.3. The molecule has 2 rings (SSSR count). The van der Waals surface area contributed by atoms with E-state index in [1.807, 2.05) is 6.20 Å². The molecule has 1 aliphatic heterocycles. The second-order valence-electron chi connectivity index (χ2n) is 6.32. The lowest BCUT2D eigenvalue weighted by Gasteiger charge is -2.33. The molecule has 0 saturated heterocycles. The van der Waals surface area contributed by atoms with Crippen molar-refractivity contribution in [2.75, 3.05) is 13.1 Å². The molecular formula is C14H26N4. The standard InChI is InChI=1S/C14H26N4/c1-12(5-6-16-14(2,3)4)18-10-9-17-8-7-15-13(17)11-18/h7-8,12,16H,5-6,9-11H2,1-4H3. The van der Waals surface area contributed by atoms with E-state index in [1.54, 1.807) is 0 Å². The number of fused-ring (bicyclic) bond motifs is 1. The van der Waals surface area contributed by atoms with E-state index in [9.17, 15) is 0 Å². The summed E-state index contributed by atoms with van der Waals surface area (Å²) in [7, 11) is 0. The monoisotopic (exact) mass is 250 g/mol. The van der Waals surface area contributed by atoms with Crippen LogP contribution >= 0.6 is 0 Å². The van der Waals surface area contributed by atoms with Crippen molar-refractivity contribution in [3.8, 4) is 0 Å². The number of hydrogen-bond donors (Lipinski definition) is 1. The minimum absolute atomic E-state index is 0.220. The molecule has 4 nitrogen and oxygen atoms in total. The van der Waals surface area contributed by atoms with Crippen LogP contribution in [0, 0.1) is 0 Å². The van der Waals surface area contributed by atoms with Gasteiger partial charge in [-0.1, -0.05) is 0 Å². The van der Waals surface area contributed by atoms with Gasteiger partial charge in [0.25, 0.3) is 0 Å². The highest BCUT2D eigenvalue weighted by Crippen LogP contribution is 2.14. The average molecular weight is 250 g/mol. The lowest BCUT2D eigenvalue weighted by molar-refractivity contribution is 0.153. The molecule has 1 unspecified atom stereocenters. The Balaban J connectivity index is 1.79. The lowest BCUT2D eigenvalue weighted by atomic mass is 10.1. The average Bonchev–Trinajstić information content (AvgIpc) is 2.73. The van der Waals surface area contributed by atoms with Crippen molar-refractivity contribution in [3.05, 3.63) is 18.2 Å². The van der Waals surface area contributed by atoms with Gasteiger partial charge in [-0.3, -0.25) is 4.90 Å². The molecule has 2 heterocycles. The zero-order chi connectivity index (χ0) is 13.2. The number of nitrogens with one attached hydrogen (secondary N) is 1. The first-order valence-electron chi connectivity index (χ1n) is 6.95. The van der Waals surface area contributed by atoms with Crippen molar-refractivity contribution in [1.82, 2.24) is 19.8 Å². The first-order valence-corrected chi connectivity index (χ1v) is 6.95. The van der Waals surface area contributed by atoms with Crippen LogP contribution in [0.15, 0.2) is 12.4 Å². The fourth-order valence-electron chi connectivity index (χ4n) is 2.41. The molecule has 102 valence electrons. The third-order valence-electron chi connectivity index (χ3n) is 3.62. The zero-order valence-electron chi connectivity index (χ0n) is 12.1. The number of aromatic nitrogens is 2. The Bertz CT molecular complexity index is 377. The van der Waals surface area contributed by atoms with Crippen molar-refractivity contribution in [2.24, 2.45) is 0 Å². The highest BCUT2D eigenvalue weighted by atomic mass is 15.2. The summed E-state index contributed by atoms with van der Waals surface area (Å²) < 4.78 is 2.26. The van der Waals surface area contributed by atoms with Gasteiger partial charge in [0.05, 0.1) is 6.54 Å². The molecule has 0 spiro atoms. The quantitative estimate of drug-likeness (QED) is 0.885. The summed E-state index contributed by atoms with van der Waals surface area (Å²) in [6.07, 6.45) is 5.18. The smallest absolute Gasteiger partial charge is 0.122 e. The molecule has 0 aliphatic carbocycles. The highest BCUT2D eigenvalue weighted by molar-refractivity contribution is 4.96. The van der Waals surface area contributed by atoms with E-state index < -0.39 is 0 Å². The fraction of sp³-hybridized carbons (Fsp3) is 0.786. The molecule has 0 bridgehead atoms. The van der Waals surface area contributed by atoms with Gasteiger partial charge in [-0.15, -0.1) is 0 Å². The minimum Gasteiger partial charge on any atom is -0.333 e. The van der Waals surface area contributed by atoms with Crippen molar-refractivity contribution in [2.45, 2.75) is 58.8 Å². The summed E-state index contributed by atoms with van der Waals surface area (Å²) in [4.78, 5) is 6.95. The van der Waals surface area contributed by atoms with Crippen LogP contribution in [-0.2, 0) is 13.1 Å². The van der Waals surface area contributed by atoms with E-state index in [1.165, 1.54) is 12.2 Å². The minimum atomic E-state index is 0.220. The normalized spacial score (nSPS) is 18.7. The summed E-state index contributed by atoms with van der Waals surface area (Å²) in [5.41, 5.74) is 0.220. The van der Waals surface area contributed by atoms with E-state index in [-0.39, 0.29) is 5.54 Å². The zero-order valence-corrected chi connectivity index (χ0v) is 12.1. The first-order chi connectivity index (χ1) is 8.46. The number of nitrogens with zero attached hydrogens (tertiary/aromatic N) is 3. The summed E-state index contributed by atoms with van der Waals surface area (Å²) in [6, 6.07) is 0.616. The van der Waals surface area contributed by atoms with Gasteiger partial charge in [0.1, 0.15) is 5.82 Å². The Morgan fingerprint density at radius 3 is 2.89 bits per heavy atom. The molecule has 0 amide bonds. The Morgan fingerprint density at radius 2 is 2.17 bits per heavy atom. The number of hydrogen-bond acceptors (Lipinski definition) is 3. The Labute approximate surface area is 110 Å². The van der Waals surface area contributed by atoms with Crippen LogP contribution in [-0.4, -0.2) is 39.1 Å². The molecule has 18 heavy (non-hydrogen) atoms. The van der Waals surface area contributed by atoms with Crippen LogP contribution in [0.4, 0.5) is 0 Å². The second-order valence-corrected chi connectivity index (χ2v) is 6.32. The van der Waals surface area contributed by atoms with Gasteiger partial charge in [0, 0.05) is 37.1 Å². The Kier molecular flexibility index (Phi) is 4.07. The molecular weight excluding hydrogens is 224 g/mol. The van der Waals surface area contributed by atoms with Crippen molar-refractivity contribution in [3.63, 3.8) is 0 Å². The molecule has 1 aliphatic rings. The predicted molar refractivity (Wildman–Crippen MR) is 74.5 cm³/mol. The van der Waals surface area contributed by atoms with Gasteiger partial charge in [0.2, 0.25) is 0 Å². The van der Waals surface area contributed by atoms with Crippen molar-refractivity contribution in [1.29, 1.82) is 0 Å². The van der Waals surface area contributed by atoms with Gasteiger partial charge in [-0.2, -0.15) is 0 Å². The molecule has 0 radical (unpaired) electrons. The lowest BCUT2D eigenvalue weighted by Crippen LogP contribution is -2.43. The molecule has 0 aromatic carbocycles.